The van der Waals surface area contributed by atoms with E-state index in [1.807, 2.05) is 0 Å². The van der Waals surface area contributed by atoms with E-state index in [-0.39, 0.29) is 12.4 Å². The van der Waals surface area contributed by atoms with Crippen LogP contribution in [0.1, 0.15) is 5.56 Å². The molecule has 120 valence electrons. The van der Waals surface area contributed by atoms with Gasteiger partial charge in [-0.2, -0.15) is 5.10 Å². The molecule has 2 rings (SSSR count). The number of para-hydroxylation sites is 2. The molecule has 2 aromatic carbocycles. The first-order chi connectivity index (χ1) is 11.1. The molecule has 0 saturated carbocycles. The highest BCUT2D eigenvalue weighted by Crippen LogP contribution is 2.27. The first kappa shape index (κ1) is 16.6. The molecule has 1 amide bonds. The van der Waals surface area contributed by atoms with Gasteiger partial charge in [0.25, 0.3) is 5.91 Å². The van der Waals surface area contributed by atoms with Crippen molar-refractivity contribution >= 4 is 23.7 Å². The smallest absolute Gasteiger partial charge is 0.277 e. The summed E-state index contributed by atoms with van der Waals surface area (Å²) in [5.41, 5.74) is 2.71. The molecule has 0 aliphatic rings. The van der Waals surface area contributed by atoms with Crippen molar-refractivity contribution in [3.05, 3.63) is 53.1 Å². The van der Waals surface area contributed by atoms with Gasteiger partial charge in [-0.1, -0.05) is 29.8 Å². The molecule has 0 saturated heterocycles. The third kappa shape index (κ3) is 4.62. The fourth-order valence-electron chi connectivity index (χ4n) is 1.72. The largest absolute Gasteiger partial charge is 0.504 e. The lowest BCUT2D eigenvalue weighted by atomic mass is 10.2. The van der Waals surface area contributed by atoms with Crippen LogP contribution in [0.2, 0.25) is 5.02 Å². The minimum Gasteiger partial charge on any atom is -0.504 e. The van der Waals surface area contributed by atoms with Crippen LogP contribution in [0.3, 0.4) is 0 Å². The molecule has 2 aromatic rings. The molecule has 0 spiro atoms. The number of rotatable bonds is 6. The Kier molecular flexibility index (Phi) is 5.82. The van der Waals surface area contributed by atoms with Crippen LogP contribution in [-0.4, -0.2) is 30.9 Å². The van der Waals surface area contributed by atoms with E-state index in [0.717, 1.165) is 0 Å². The lowest BCUT2D eigenvalue weighted by molar-refractivity contribution is -0.123. The van der Waals surface area contributed by atoms with Gasteiger partial charge in [0.05, 0.1) is 18.3 Å². The van der Waals surface area contributed by atoms with Crippen LogP contribution >= 0.6 is 11.6 Å². The summed E-state index contributed by atoms with van der Waals surface area (Å²) >= 11 is 5.91. The number of hydrogen-bond acceptors (Lipinski definition) is 5. The predicted octanol–water partition coefficient (Wildman–Crippen LogP) is 2.58. The molecule has 0 fully saturated rings. The average Bonchev–Trinajstić information content (AvgIpc) is 2.55. The third-order valence-corrected chi connectivity index (χ3v) is 3.15. The number of carbonyl (C=O) groups is 1. The average molecular weight is 335 g/mol. The Labute approximate surface area is 138 Å². The number of carbonyl (C=O) groups excluding carboxylic acids is 1. The van der Waals surface area contributed by atoms with E-state index in [1.54, 1.807) is 42.5 Å². The maximum atomic E-state index is 11.6. The van der Waals surface area contributed by atoms with Gasteiger partial charge in [-0.3, -0.25) is 4.79 Å². The molecule has 0 aliphatic carbocycles. The summed E-state index contributed by atoms with van der Waals surface area (Å²) in [6, 6.07) is 11.8. The molecule has 23 heavy (non-hydrogen) atoms. The molecular weight excluding hydrogens is 320 g/mol. The van der Waals surface area contributed by atoms with E-state index in [9.17, 15) is 9.90 Å². The van der Waals surface area contributed by atoms with Gasteiger partial charge in [-0.25, -0.2) is 5.43 Å². The fourth-order valence-corrected chi connectivity index (χ4v) is 1.91. The number of ether oxygens (including phenoxy) is 2. The Balaban J connectivity index is 1.88. The maximum Gasteiger partial charge on any atom is 0.277 e. The number of phenolic OH excluding ortho intramolecular Hbond substituents is 1. The molecule has 0 heterocycles. The van der Waals surface area contributed by atoms with E-state index < -0.39 is 5.91 Å². The van der Waals surface area contributed by atoms with Crippen molar-refractivity contribution in [2.24, 2.45) is 5.10 Å². The summed E-state index contributed by atoms with van der Waals surface area (Å²) in [4.78, 5) is 11.6. The quantitative estimate of drug-likeness (QED) is 0.628. The molecule has 0 unspecified atom stereocenters. The predicted molar refractivity (Wildman–Crippen MR) is 87.3 cm³/mol. The number of aromatic hydroxyl groups is 1. The van der Waals surface area contributed by atoms with Gasteiger partial charge >= 0.3 is 0 Å². The number of nitrogens with zero attached hydrogens (tertiary/aromatic N) is 1. The lowest BCUT2D eigenvalue weighted by Gasteiger charge is -2.06. The molecule has 0 bridgehead atoms. The zero-order valence-electron chi connectivity index (χ0n) is 12.3. The van der Waals surface area contributed by atoms with Gasteiger partial charge in [0.1, 0.15) is 5.75 Å². The number of amides is 1. The van der Waals surface area contributed by atoms with E-state index in [2.05, 4.69) is 10.5 Å². The van der Waals surface area contributed by atoms with Crippen LogP contribution in [0.5, 0.6) is 17.2 Å². The first-order valence-corrected chi connectivity index (χ1v) is 7.05. The molecule has 0 atom stereocenters. The molecular formula is C16H15ClN2O4. The monoisotopic (exact) mass is 334 g/mol. The Morgan fingerprint density at radius 3 is 2.74 bits per heavy atom. The highest BCUT2D eigenvalue weighted by molar-refractivity contribution is 6.32. The van der Waals surface area contributed by atoms with Gasteiger partial charge < -0.3 is 14.6 Å². The number of halogens is 1. The van der Waals surface area contributed by atoms with Gasteiger partial charge in [0.15, 0.2) is 18.1 Å². The molecule has 7 heteroatoms. The van der Waals surface area contributed by atoms with Gasteiger partial charge in [-0.05, 0) is 24.3 Å². The van der Waals surface area contributed by atoms with Crippen molar-refractivity contribution in [3.8, 4) is 17.2 Å². The van der Waals surface area contributed by atoms with Crippen molar-refractivity contribution in [2.45, 2.75) is 0 Å². The minimum atomic E-state index is -0.455. The Hall–Kier alpha value is -2.73. The second kappa shape index (κ2) is 8.05. The SMILES string of the molecule is COc1cccc(C=NNC(=O)COc2ccccc2Cl)c1O. The van der Waals surface area contributed by atoms with Crippen molar-refractivity contribution < 1.29 is 19.4 Å². The van der Waals surface area contributed by atoms with Gasteiger partial charge in [-0.15, -0.1) is 0 Å². The second-order valence-corrected chi connectivity index (χ2v) is 4.82. The number of hydrazone groups is 1. The summed E-state index contributed by atoms with van der Waals surface area (Å²) in [5.74, 6) is 0.227. The molecule has 0 radical (unpaired) electrons. The lowest BCUT2D eigenvalue weighted by Crippen LogP contribution is -2.24. The topological polar surface area (TPSA) is 80.2 Å². The van der Waals surface area contributed by atoms with Crippen molar-refractivity contribution in [3.63, 3.8) is 0 Å². The van der Waals surface area contributed by atoms with E-state index in [1.165, 1.54) is 13.3 Å². The van der Waals surface area contributed by atoms with E-state index in [0.29, 0.717) is 22.1 Å². The van der Waals surface area contributed by atoms with Crippen LogP contribution in [0, 0.1) is 0 Å². The van der Waals surface area contributed by atoms with Crippen molar-refractivity contribution in [2.75, 3.05) is 13.7 Å². The standard InChI is InChI=1S/C16H15ClN2O4/c1-22-14-8-4-5-11(16(14)21)9-18-19-15(20)10-23-13-7-3-2-6-12(13)17/h2-9,21H,10H2,1H3,(H,19,20). The van der Waals surface area contributed by atoms with E-state index in [4.69, 9.17) is 21.1 Å². The zero-order valence-corrected chi connectivity index (χ0v) is 13.1. The summed E-state index contributed by atoms with van der Waals surface area (Å²) < 4.78 is 10.3. The highest BCUT2D eigenvalue weighted by Gasteiger charge is 2.06. The van der Waals surface area contributed by atoms with Gasteiger partial charge in [0.2, 0.25) is 0 Å². The van der Waals surface area contributed by atoms with Crippen LogP contribution in [0.15, 0.2) is 47.6 Å². The maximum absolute atomic E-state index is 11.6. The fraction of sp³-hybridized carbons (Fsp3) is 0.125. The number of benzene rings is 2. The molecule has 0 aliphatic heterocycles. The Morgan fingerprint density at radius 1 is 1.26 bits per heavy atom. The minimum absolute atomic E-state index is 0.0553. The molecule has 0 aromatic heterocycles. The number of hydrogen-bond donors (Lipinski definition) is 2. The second-order valence-electron chi connectivity index (χ2n) is 4.41. The highest BCUT2D eigenvalue weighted by atomic mass is 35.5. The molecule has 2 N–H and O–H groups in total. The van der Waals surface area contributed by atoms with Crippen molar-refractivity contribution in [1.29, 1.82) is 0 Å². The molecule has 6 nitrogen and oxygen atoms in total. The van der Waals surface area contributed by atoms with Crippen LogP contribution in [-0.2, 0) is 4.79 Å². The number of phenols is 1. The van der Waals surface area contributed by atoms with Gasteiger partial charge in [0, 0.05) is 5.56 Å². The first-order valence-electron chi connectivity index (χ1n) is 6.67. The number of methoxy groups -OCH3 is 1. The summed E-state index contributed by atoms with van der Waals surface area (Å²) in [6.07, 6.45) is 1.31. The van der Waals surface area contributed by atoms with Crippen LogP contribution < -0.4 is 14.9 Å². The normalized spacial score (nSPS) is 10.5. The van der Waals surface area contributed by atoms with E-state index >= 15 is 0 Å². The summed E-state index contributed by atoms with van der Waals surface area (Å²) in [5, 5.41) is 14.0. The Bertz CT molecular complexity index is 719. The number of nitrogens with one attached hydrogen (secondary N) is 1. The summed E-state index contributed by atoms with van der Waals surface area (Å²) in [6.45, 7) is -0.231. The Morgan fingerprint density at radius 2 is 2.00 bits per heavy atom. The zero-order chi connectivity index (χ0) is 16.7. The van der Waals surface area contributed by atoms with Crippen molar-refractivity contribution in [1.82, 2.24) is 5.43 Å². The third-order valence-electron chi connectivity index (χ3n) is 2.84. The van der Waals surface area contributed by atoms with Crippen LogP contribution in [0.25, 0.3) is 0 Å². The van der Waals surface area contributed by atoms with Crippen LogP contribution in [0.4, 0.5) is 0 Å². The summed E-state index contributed by atoms with van der Waals surface area (Å²) in [7, 11) is 1.45.